The van der Waals surface area contributed by atoms with Crippen molar-refractivity contribution >= 4 is 17.3 Å². The highest BCUT2D eigenvalue weighted by molar-refractivity contribution is 5.93. The van der Waals surface area contributed by atoms with Gasteiger partial charge in [-0.15, -0.1) is 0 Å². The molecule has 0 saturated carbocycles. The molecule has 2 aromatic carbocycles. The van der Waals surface area contributed by atoms with Gasteiger partial charge in [0.05, 0.1) is 19.8 Å². The Morgan fingerprint density at radius 1 is 0.955 bits per heavy atom. The molecule has 1 heterocycles. The van der Waals surface area contributed by atoms with Crippen LogP contribution in [0.15, 0.2) is 48.5 Å². The second-order valence-electron chi connectivity index (χ2n) is 4.98. The van der Waals surface area contributed by atoms with Crippen LogP contribution in [0.3, 0.4) is 0 Å². The summed E-state index contributed by atoms with van der Waals surface area (Å²) >= 11 is 0. The van der Waals surface area contributed by atoms with Crippen molar-refractivity contribution in [1.29, 1.82) is 0 Å². The first-order valence-corrected chi connectivity index (χ1v) is 7.30. The zero-order chi connectivity index (χ0) is 15.2. The number of hydrogen-bond donors (Lipinski definition) is 2. The molecule has 2 N–H and O–H groups in total. The van der Waals surface area contributed by atoms with Crippen LogP contribution in [-0.4, -0.2) is 25.7 Å². The molecule has 0 aliphatic carbocycles. The lowest BCUT2D eigenvalue weighted by Crippen LogP contribution is -2.21. The first-order valence-electron chi connectivity index (χ1n) is 7.30. The fraction of sp³-hybridized carbons (Fsp3) is 0.235. The van der Waals surface area contributed by atoms with Crippen molar-refractivity contribution in [3.05, 3.63) is 48.5 Å². The predicted molar refractivity (Wildman–Crippen MR) is 85.6 cm³/mol. The maximum atomic E-state index is 11.9. The van der Waals surface area contributed by atoms with Crippen molar-refractivity contribution in [3.63, 3.8) is 0 Å². The molecule has 0 aromatic heterocycles. The van der Waals surface area contributed by atoms with Crippen molar-refractivity contribution in [2.24, 2.45) is 0 Å². The highest BCUT2D eigenvalue weighted by Crippen LogP contribution is 2.32. The minimum absolute atomic E-state index is 0.0988. The van der Waals surface area contributed by atoms with Crippen LogP contribution in [0.1, 0.15) is 6.42 Å². The summed E-state index contributed by atoms with van der Waals surface area (Å²) in [7, 11) is 0. The Kier molecular flexibility index (Phi) is 4.44. The molecule has 0 spiro atoms. The van der Waals surface area contributed by atoms with Crippen LogP contribution in [0.2, 0.25) is 0 Å². The molecule has 22 heavy (non-hydrogen) atoms. The van der Waals surface area contributed by atoms with Gasteiger partial charge in [0, 0.05) is 23.9 Å². The molecule has 1 aliphatic rings. The molecule has 0 fully saturated rings. The van der Waals surface area contributed by atoms with E-state index in [2.05, 4.69) is 10.6 Å². The molecular weight excluding hydrogens is 280 g/mol. The average molecular weight is 298 g/mol. The minimum Gasteiger partial charge on any atom is -0.490 e. The average Bonchev–Trinajstić information content (AvgIpc) is 2.78. The summed E-state index contributed by atoms with van der Waals surface area (Å²) in [5.74, 6) is 1.36. The molecule has 0 radical (unpaired) electrons. The molecule has 0 unspecified atom stereocenters. The number of amides is 1. The van der Waals surface area contributed by atoms with E-state index >= 15 is 0 Å². The molecule has 1 amide bonds. The van der Waals surface area contributed by atoms with Gasteiger partial charge in [-0.3, -0.25) is 4.79 Å². The van der Waals surface area contributed by atoms with E-state index in [0.717, 1.165) is 23.5 Å². The van der Waals surface area contributed by atoms with Crippen LogP contribution in [0, 0.1) is 0 Å². The second kappa shape index (κ2) is 6.85. The highest BCUT2D eigenvalue weighted by atomic mass is 16.5. The molecule has 2 aromatic rings. The van der Waals surface area contributed by atoms with Crippen LogP contribution < -0.4 is 20.1 Å². The van der Waals surface area contributed by atoms with Gasteiger partial charge < -0.3 is 20.1 Å². The Labute approximate surface area is 129 Å². The van der Waals surface area contributed by atoms with Crippen molar-refractivity contribution < 1.29 is 14.3 Å². The van der Waals surface area contributed by atoms with Crippen molar-refractivity contribution in [1.82, 2.24) is 0 Å². The lowest BCUT2D eigenvalue weighted by Gasteiger charge is -2.11. The maximum Gasteiger partial charge on any atom is 0.243 e. The largest absolute Gasteiger partial charge is 0.490 e. The van der Waals surface area contributed by atoms with E-state index in [-0.39, 0.29) is 12.5 Å². The molecule has 3 rings (SSSR count). The molecule has 5 nitrogen and oxygen atoms in total. The Balaban J connectivity index is 1.57. The second-order valence-corrected chi connectivity index (χ2v) is 4.98. The normalized spacial score (nSPS) is 13.1. The molecule has 5 heteroatoms. The summed E-state index contributed by atoms with van der Waals surface area (Å²) in [5, 5.41) is 5.91. The number of hydrogen-bond acceptors (Lipinski definition) is 4. The van der Waals surface area contributed by atoms with Crippen molar-refractivity contribution in [3.8, 4) is 11.5 Å². The van der Waals surface area contributed by atoms with E-state index in [9.17, 15) is 4.79 Å². The number of fused-ring (bicyclic) bond motifs is 1. The topological polar surface area (TPSA) is 59.6 Å². The number of nitrogens with one attached hydrogen (secondary N) is 2. The van der Waals surface area contributed by atoms with Crippen LogP contribution in [-0.2, 0) is 4.79 Å². The summed E-state index contributed by atoms with van der Waals surface area (Å²) in [5.41, 5.74) is 1.61. The Hall–Kier alpha value is -2.69. The molecular formula is C17H18N2O3. The molecule has 0 bridgehead atoms. The van der Waals surface area contributed by atoms with Gasteiger partial charge in [0.15, 0.2) is 11.5 Å². The Morgan fingerprint density at radius 2 is 1.73 bits per heavy atom. The quantitative estimate of drug-likeness (QED) is 0.911. The van der Waals surface area contributed by atoms with Gasteiger partial charge in [-0.25, -0.2) is 0 Å². The number of ether oxygens (including phenoxy) is 2. The number of anilines is 2. The van der Waals surface area contributed by atoms with Crippen LogP contribution in [0.4, 0.5) is 11.4 Å². The summed E-state index contributed by atoms with van der Waals surface area (Å²) in [6, 6.07) is 15.0. The summed E-state index contributed by atoms with van der Waals surface area (Å²) in [6.45, 7) is 1.50. The summed E-state index contributed by atoms with van der Waals surface area (Å²) < 4.78 is 11.2. The lowest BCUT2D eigenvalue weighted by molar-refractivity contribution is -0.114. The maximum absolute atomic E-state index is 11.9. The number of carbonyl (C=O) groups is 1. The van der Waals surface area contributed by atoms with E-state index in [0.29, 0.717) is 19.0 Å². The van der Waals surface area contributed by atoms with E-state index in [1.165, 1.54) is 0 Å². The monoisotopic (exact) mass is 298 g/mol. The number of carbonyl (C=O) groups excluding carboxylic acids is 1. The van der Waals surface area contributed by atoms with Gasteiger partial charge in [0.25, 0.3) is 0 Å². The molecule has 1 aliphatic heterocycles. The third-order valence-electron chi connectivity index (χ3n) is 3.26. The molecule has 114 valence electrons. The Bertz CT molecular complexity index is 644. The van der Waals surface area contributed by atoms with Gasteiger partial charge in [0.1, 0.15) is 0 Å². The predicted octanol–water partition coefficient (Wildman–Crippen LogP) is 2.90. The van der Waals surface area contributed by atoms with Crippen LogP contribution >= 0.6 is 0 Å². The van der Waals surface area contributed by atoms with Crippen molar-refractivity contribution in [2.45, 2.75) is 6.42 Å². The standard InChI is InChI=1S/C17H18N2O3/c20-17(19-13-5-2-1-3-6-13)12-18-14-7-8-15-16(11-14)22-10-4-9-21-15/h1-3,5-8,11,18H,4,9-10,12H2,(H,19,20). The summed E-state index contributed by atoms with van der Waals surface area (Å²) in [6.07, 6.45) is 0.872. The van der Waals surface area contributed by atoms with Crippen molar-refractivity contribution in [2.75, 3.05) is 30.4 Å². The third-order valence-corrected chi connectivity index (χ3v) is 3.26. The molecule has 0 atom stereocenters. The number of rotatable bonds is 4. The fourth-order valence-electron chi connectivity index (χ4n) is 2.18. The highest BCUT2D eigenvalue weighted by Gasteiger charge is 2.11. The number of benzene rings is 2. The van der Waals surface area contributed by atoms with E-state index < -0.39 is 0 Å². The smallest absolute Gasteiger partial charge is 0.243 e. The molecule has 0 saturated heterocycles. The zero-order valence-electron chi connectivity index (χ0n) is 12.2. The van der Waals surface area contributed by atoms with Crippen LogP contribution in [0.25, 0.3) is 0 Å². The van der Waals surface area contributed by atoms with Gasteiger partial charge >= 0.3 is 0 Å². The van der Waals surface area contributed by atoms with Crippen LogP contribution in [0.5, 0.6) is 11.5 Å². The number of para-hydroxylation sites is 1. The minimum atomic E-state index is -0.0988. The van der Waals surface area contributed by atoms with E-state index in [4.69, 9.17) is 9.47 Å². The van der Waals surface area contributed by atoms with E-state index in [1.807, 2.05) is 48.5 Å². The van der Waals surface area contributed by atoms with Gasteiger partial charge in [-0.05, 0) is 24.3 Å². The van der Waals surface area contributed by atoms with Gasteiger partial charge in [-0.2, -0.15) is 0 Å². The SMILES string of the molecule is O=C(CNc1ccc2c(c1)OCCCO2)Nc1ccccc1. The lowest BCUT2D eigenvalue weighted by atomic mass is 10.2. The Morgan fingerprint density at radius 3 is 2.55 bits per heavy atom. The van der Waals surface area contributed by atoms with Gasteiger partial charge in [0.2, 0.25) is 5.91 Å². The fourth-order valence-corrected chi connectivity index (χ4v) is 2.18. The third kappa shape index (κ3) is 3.69. The van der Waals surface area contributed by atoms with Gasteiger partial charge in [-0.1, -0.05) is 18.2 Å². The van der Waals surface area contributed by atoms with E-state index in [1.54, 1.807) is 0 Å². The first kappa shape index (κ1) is 14.3. The summed E-state index contributed by atoms with van der Waals surface area (Å²) in [4.78, 5) is 11.9. The first-order chi connectivity index (χ1) is 10.8. The zero-order valence-corrected chi connectivity index (χ0v) is 12.2.